The van der Waals surface area contributed by atoms with Gasteiger partial charge in [-0.15, -0.1) is 0 Å². The molecule has 4 N–H and O–H groups in total. The lowest BCUT2D eigenvalue weighted by molar-refractivity contribution is 0.202. The van der Waals surface area contributed by atoms with Crippen LogP contribution in [0.5, 0.6) is 23.8 Å². The minimum absolute atomic E-state index is 0.0115. The molecular formula is C40H46Br2N12O8S2. The van der Waals surface area contributed by atoms with E-state index in [1.807, 2.05) is 9.44 Å². The molecule has 2 aromatic carbocycles. The van der Waals surface area contributed by atoms with Crippen LogP contribution in [0.15, 0.2) is 94.8 Å². The van der Waals surface area contributed by atoms with E-state index in [0.717, 1.165) is 11.4 Å². The van der Waals surface area contributed by atoms with E-state index in [0.29, 0.717) is 21.2 Å². The Morgan fingerprint density at radius 2 is 0.938 bits per heavy atom. The Morgan fingerprint density at radius 1 is 0.562 bits per heavy atom. The van der Waals surface area contributed by atoms with Gasteiger partial charge < -0.3 is 18.9 Å². The Hall–Kier alpha value is -5.66. The Balaban J connectivity index is 0.000000281. The average Bonchev–Trinajstić information content (AvgIpc) is 3.29. The molecule has 0 aliphatic carbocycles. The summed E-state index contributed by atoms with van der Waals surface area (Å²) in [6.07, 6.45) is -4.47. The maximum Gasteiger partial charge on any atom is 0.316 e. The van der Waals surface area contributed by atoms with Gasteiger partial charge in [0, 0.05) is 54.9 Å². The third-order valence-electron chi connectivity index (χ3n) is 7.33. The number of nitrogens with zero attached hydrogens (tertiary/aromatic N) is 8. The normalized spacial score (nSPS) is 14.6. The first-order valence-corrected chi connectivity index (χ1v) is 22.9. The minimum atomic E-state index is -4.75. The van der Waals surface area contributed by atoms with E-state index < -0.39 is 58.2 Å². The maximum absolute atomic E-state index is 12.8. The SMILES string of the molecule is [2H]c1nc(NS(=O)(=O)NC([2H])([2H])C([2H])([2H])C)c(-c2ccc(Br)cc2)c(OCCOc2nc([2H])c(C)c([2H])n2)n1.[2H]c1nc(NS(=O)(=O)NC([2H])([2H])CC)c(-c2ccc(Br)cc2)c(OCCOc2nc([2H])c(C)c([2H])n2)n1. The molecule has 0 bridgehead atoms. The third kappa shape index (κ3) is 15.8. The molecule has 0 fully saturated rings. The van der Waals surface area contributed by atoms with E-state index in [-0.39, 0.29) is 104 Å². The number of ether oxygens (including phenoxy) is 4. The number of benzene rings is 2. The Morgan fingerprint density at radius 3 is 1.31 bits per heavy atom. The molecule has 0 atom stereocenters. The highest BCUT2D eigenvalue weighted by molar-refractivity contribution is 9.10. The van der Waals surface area contributed by atoms with Gasteiger partial charge in [0.1, 0.15) is 41.8 Å². The van der Waals surface area contributed by atoms with E-state index in [9.17, 15) is 16.8 Å². The van der Waals surface area contributed by atoms with Crippen LogP contribution < -0.4 is 37.8 Å². The van der Waals surface area contributed by atoms with Gasteiger partial charge in [0.25, 0.3) is 20.4 Å². The number of rotatable bonds is 22. The van der Waals surface area contributed by atoms with Crippen molar-refractivity contribution in [3.8, 4) is 46.0 Å². The molecule has 20 nitrogen and oxygen atoms in total. The number of halogens is 2. The highest BCUT2D eigenvalue weighted by Crippen LogP contribution is 2.36. The molecule has 340 valence electrons. The lowest BCUT2D eigenvalue weighted by Gasteiger charge is -2.15. The van der Waals surface area contributed by atoms with E-state index in [1.165, 1.54) is 13.8 Å². The van der Waals surface area contributed by atoms with Crippen molar-refractivity contribution in [1.82, 2.24) is 49.3 Å². The topological polar surface area (TPSA) is 256 Å². The van der Waals surface area contributed by atoms with Crippen molar-refractivity contribution in [2.45, 2.75) is 40.5 Å². The van der Waals surface area contributed by atoms with Gasteiger partial charge in [-0.3, -0.25) is 9.44 Å². The summed E-state index contributed by atoms with van der Waals surface area (Å²) in [6.45, 7) is -0.371. The summed E-state index contributed by atoms with van der Waals surface area (Å²) in [6, 6.07) is 12.8. The predicted molar refractivity (Wildman–Crippen MR) is 248 cm³/mol. The van der Waals surface area contributed by atoms with Crippen molar-refractivity contribution in [2.24, 2.45) is 0 Å². The lowest BCUT2D eigenvalue weighted by Crippen LogP contribution is -2.31. The Labute approximate surface area is 405 Å². The standard InChI is InChI=1S/2C20H23BrN6O4S/c2*1-3-8-26-32(28,29)27-18-17(15-4-6-16(21)7-5-15)19(25-13-24-18)30-9-10-31-20-22-11-14(2)12-23-20/h2*4-7,11-13,26H,3,8-10H2,1-2H3,(H,24,25,27)/i3D2,8D2,11D,12D,13D;8D2,11D,12D,13D. The number of anilines is 2. The first-order chi connectivity index (χ1) is 35.3. The molecule has 64 heavy (non-hydrogen) atoms. The highest BCUT2D eigenvalue weighted by atomic mass is 79.9. The molecule has 0 spiro atoms. The van der Waals surface area contributed by atoms with Crippen LogP contribution in [0.1, 0.15) is 54.2 Å². The number of hydrogen-bond donors (Lipinski definition) is 4. The van der Waals surface area contributed by atoms with Gasteiger partial charge in [0.15, 0.2) is 11.6 Å². The third-order valence-corrected chi connectivity index (χ3v) is 10.1. The van der Waals surface area contributed by atoms with Crippen LogP contribution >= 0.6 is 31.9 Å². The van der Waals surface area contributed by atoms with Crippen LogP contribution in [-0.4, -0.2) is 96.1 Å². The molecule has 24 heteroatoms. The second kappa shape index (κ2) is 24.4. The zero-order valence-electron chi connectivity index (χ0n) is 46.1. The largest absolute Gasteiger partial charge is 0.473 e. The fourth-order valence-corrected chi connectivity index (χ4v) is 6.67. The molecule has 4 aromatic heterocycles. The van der Waals surface area contributed by atoms with E-state index >= 15 is 0 Å². The minimum Gasteiger partial charge on any atom is -0.473 e. The summed E-state index contributed by atoms with van der Waals surface area (Å²) in [7, 11) is -9.19. The molecule has 0 radical (unpaired) electrons. The van der Waals surface area contributed by atoms with Crippen molar-refractivity contribution in [3.05, 3.63) is 106 Å². The average molecular weight is 1060 g/mol. The van der Waals surface area contributed by atoms with Gasteiger partial charge in [0.2, 0.25) is 11.8 Å². The van der Waals surface area contributed by atoms with E-state index in [1.54, 1.807) is 60.2 Å². The summed E-state index contributed by atoms with van der Waals surface area (Å²) in [5.41, 5.74) is 1.55. The van der Waals surface area contributed by atoms with Crippen LogP contribution in [-0.2, 0) is 20.4 Å². The van der Waals surface area contributed by atoms with Gasteiger partial charge >= 0.3 is 12.0 Å². The number of aromatic nitrogens is 8. The van der Waals surface area contributed by atoms with Crippen molar-refractivity contribution >= 4 is 63.9 Å². The molecule has 0 aliphatic rings. The zero-order valence-corrected chi connectivity index (χ0v) is 38.9. The van der Waals surface area contributed by atoms with Crippen molar-refractivity contribution < 1.29 is 52.2 Å². The van der Waals surface area contributed by atoms with Crippen LogP contribution in [0.25, 0.3) is 22.3 Å². The molecule has 6 aromatic rings. The quantitative estimate of drug-likeness (QED) is 0.0549. The van der Waals surface area contributed by atoms with Crippen molar-refractivity contribution in [1.29, 1.82) is 0 Å². The second-order valence-corrected chi connectivity index (χ2v) is 16.8. The monoisotopic (exact) mass is 1060 g/mol. The molecule has 4 heterocycles. The van der Waals surface area contributed by atoms with Gasteiger partial charge in [-0.2, -0.15) is 26.3 Å². The summed E-state index contributed by atoms with van der Waals surface area (Å²) >= 11 is 6.64. The van der Waals surface area contributed by atoms with Crippen LogP contribution in [0.3, 0.4) is 0 Å². The molecule has 0 aliphatic heterocycles. The van der Waals surface area contributed by atoms with E-state index in [4.69, 9.17) is 35.4 Å². The first-order valence-electron chi connectivity index (χ1n) is 24.4. The van der Waals surface area contributed by atoms with Crippen LogP contribution in [0.4, 0.5) is 11.6 Å². The van der Waals surface area contributed by atoms with Gasteiger partial charge in [-0.25, -0.2) is 39.9 Å². The number of hydrogen-bond acceptors (Lipinski definition) is 16. The lowest BCUT2D eigenvalue weighted by atomic mass is 10.1. The Kier molecular flexibility index (Phi) is 13.2. The van der Waals surface area contributed by atoms with Gasteiger partial charge in [-0.1, -0.05) is 70.0 Å². The van der Waals surface area contributed by atoms with Crippen LogP contribution in [0.2, 0.25) is 0 Å². The van der Waals surface area contributed by atoms with Crippen LogP contribution in [0, 0.1) is 13.8 Å². The second-order valence-electron chi connectivity index (χ2n) is 12.1. The van der Waals surface area contributed by atoms with E-state index in [2.05, 4.69) is 76.5 Å². The summed E-state index contributed by atoms with van der Waals surface area (Å²) in [5.74, 6) is -1.06. The molecule has 0 unspecified atom stereocenters. The maximum atomic E-state index is 12.8. The molecular weight excluding hydrogens is 1000 g/mol. The zero-order chi connectivity index (χ0) is 56.6. The fraction of sp³-hybridized carbons (Fsp3) is 0.300. The first kappa shape index (κ1) is 34.7. The van der Waals surface area contributed by atoms with Gasteiger partial charge in [0.05, 0.1) is 16.6 Å². The Bertz CT molecular complexity index is 3230. The summed E-state index contributed by atoms with van der Waals surface area (Å²) in [5, 5.41) is 0. The summed E-state index contributed by atoms with van der Waals surface area (Å²) in [4.78, 5) is 31.0. The molecule has 6 rings (SSSR count). The predicted octanol–water partition coefficient (Wildman–Crippen LogP) is 6.24. The summed E-state index contributed by atoms with van der Waals surface area (Å²) < 4.78 is 175. The fourth-order valence-electron chi connectivity index (χ4n) is 4.67. The van der Waals surface area contributed by atoms with Crippen molar-refractivity contribution in [3.63, 3.8) is 0 Å². The van der Waals surface area contributed by atoms with Gasteiger partial charge in [-0.05, 0) is 73.2 Å². The molecule has 0 saturated heterocycles. The highest BCUT2D eigenvalue weighted by Gasteiger charge is 2.21. The number of nitrogens with one attached hydrogen (secondary N) is 4. The smallest absolute Gasteiger partial charge is 0.316 e. The van der Waals surface area contributed by atoms with Crippen molar-refractivity contribution in [2.75, 3.05) is 48.9 Å². The molecule has 0 saturated carbocycles. The molecule has 0 amide bonds.